The molecule has 0 saturated heterocycles. The van der Waals surface area contributed by atoms with Crippen molar-refractivity contribution in [3.05, 3.63) is 58.6 Å². The second-order valence-electron chi connectivity index (χ2n) is 4.55. The minimum atomic E-state index is -3.59. The highest BCUT2D eigenvalue weighted by atomic mass is 79.9. The van der Waals surface area contributed by atoms with E-state index >= 15 is 0 Å². The molecule has 1 atom stereocenters. The Kier molecular flexibility index (Phi) is 5.03. The second kappa shape index (κ2) is 6.60. The van der Waals surface area contributed by atoms with Crippen molar-refractivity contribution in [2.24, 2.45) is 0 Å². The Morgan fingerprint density at radius 1 is 1.14 bits per heavy atom. The third-order valence-corrected chi connectivity index (χ3v) is 5.22. The van der Waals surface area contributed by atoms with Gasteiger partial charge < -0.3 is 4.74 Å². The molecule has 2 aromatic carbocycles. The largest absolute Gasteiger partial charge is 0.496 e. The zero-order valence-corrected chi connectivity index (χ0v) is 14.1. The van der Waals surface area contributed by atoms with Crippen LogP contribution in [-0.4, -0.2) is 15.5 Å². The molecule has 0 heterocycles. The number of nitrogens with one attached hydrogen (secondary N) is 1. The molecular formula is C15H16BrNO3S. The molecule has 0 aliphatic rings. The number of halogens is 1. The molecule has 0 aromatic heterocycles. The summed E-state index contributed by atoms with van der Waals surface area (Å²) in [7, 11) is -2.06. The molecule has 1 unspecified atom stereocenters. The minimum Gasteiger partial charge on any atom is -0.496 e. The van der Waals surface area contributed by atoms with Gasteiger partial charge in [0.2, 0.25) is 10.0 Å². The molecule has 4 nitrogen and oxygen atoms in total. The monoisotopic (exact) mass is 369 g/mol. The Hall–Kier alpha value is -1.37. The molecule has 1 N–H and O–H groups in total. The zero-order valence-electron chi connectivity index (χ0n) is 11.7. The molecule has 2 aromatic rings. The fourth-order valence-corrected chi connectivity index (χ4v) is 3.87. The third-order valence-electron chi connectivity index (χ3n) is 3.07. The molecule has 0 fully saturated rings. The van der Waals surface area contributed by atoms with Gasteiger partial charge in [-0.1, -0.05) is 30.3 Å². The fraction of sp³-hybridized carbons (Fsp3) is 0.200. The summed E-state index contributed by atoms with van der Waals surface area (Å²) in [4.78, 5) is 0.193. The molecule has 0 bridgehead atoms. The molecule has 21 heavy (non-hydrogen) atoms. The van der Waals surface area contributed by atoms with Crippen LogP contribution >= 0.6 is 15.9 Å². The van der Waals surface area contributed by atoms with Gasteiger partial charge in [0.05, 0.1) is 16.5 Å². The van der Waals surface area contributed by atoms with E-state index in [9.17, 15) is 8.42 Å². The van der Waals surface area contributed by atoms with Gasteiger partial charge in [0.25, 0.3) is 0 Å². The Morgan fingerprint density at radius 3 is 2.38 bits per heavy atom. The first-order valence-electron chi connectivity index (χ1n) is 6.35. The van der Waals surface area contributed by atoms with Crippen molar-refractivity contribution in [1.82, 2.24) is 4.72 Å². The maximum absolute atomic E-state index is 12.4. The lowest BCUT2D eigenvalue weighted by atomic mass is 10.1. The smallest absolute Gasteiger partial charge is 0.241 e. The topological polar surface area (TPSA) is 55.4 Å². The first kappa shape index (κ1) is 16.0. The molecule has 0 amide bonds. The lowest BCUT2D eigenvalue weighted by Gasteiger charge is -2.15. The van der Waals surface area contributed by atoms with E-state index in [0.29, 0.717) is 10.2 Å². The molecule has 0 spiro atoms. The fourth-order valence-electron chi connectivity index (χ4n) is 1.92. The maximum atomic E-state index is 12.4. The van der Waals surface area contributed by atoms with Crippen LogP contribution in [0.5, 0.6) is 5.75 Å². The normalized spacial score (nSPS) is 12.9. The summed E-state index contributed by atoms with van der Waals surface area (Å²) in [5.41, 5.74) is 0.911. The Bertz CT molecular complexity index is 717. The molecular weight excluding hydrogens is 354 g/mol. The van der Waals surface area contributed by atoms with Crippen LogP contribution in [0, 0.1) is 0 Å². The van der Waals surface area contributed by atoms with Gasteiger partial charge in [0, 0.05) is 6.04 Å². The van der Waals surface area contributed by atoms with Crippen LogP contribution in [-0.2, 0) is 10.0 Å². The summed E-state index contributed by atoms with van der Waals surface area (Å²) >= 11 is 3.29. The van der Waals surface area contributed by atoms with Crippen molar-refractivity contribution < 1.29 is 13.2 Å². The highest BCUT2D eigenvalue weighted by Gasteiger charge is 2.19. The maximum Gasteiger partial charge on any atom is 0.241 e. The van der Waals surface area contributed by atoms with Crippen LogP contribution in [0.1, 0.15) is 18.5 Å². The first-order chi connectivity index (χ1) is 9.94. The predicted octanol–water partition coefficient (Wildman–Crippen LogP) is 3.50. The first-order valence-corrected chi connectivity index (χ1v) is 8.62. The van der Waals surface area contributed by atoms with E-state index in [1.54, 1.807) is 6.07 Å². The molecule has 112 valence electrons. The average Bonchev–Trinajstić information content (AvgIpc) is 2.47. The van der Waals surface area contributed by atoms with E-state index in [2.05, 4.69) is 20.7 Å². The Morgan fingerprint density at radius 2 is 1.81 bits per heavy atom. The van der Waals surface area contributed by atoms with E-state index in [0.717, 1.165) is 5.56 Å². The van der Waals surface area contributed by atoms with Crippen LogP contribution in [0.3, 0.4) is 0 Å². The SMILES string of the molecule is COc1ccc(S(=O)(=O)NC(C)c2ccccc2)cc1Br. The van der Waals surface area contributed by atoms with E-state index in [1.165, 1.54) is 19.2 Å². The van der Waals surface area contributed by atoms with E-state index in [-0.39, 0.29) is 10.9 Å². The van der Waals surface area contributed by atoms with Gasteiger partial charge in [0.15, 0.2) is 0 Å². The summed E-state index contributed by atoms with van der Waals surface area (Å²) in [6.07, 6.45) is 0. The summed E-state index contributed by atoms with van der Waals surface area (Å²) in [5.74, 6) is 0.588. The Balaban J connectivity index is 2.24. The van der Waals surface area contributed by atoms with E-state index in [4.69, 9.17) is 4.74 Å². The van der Waals surface area contributed by atoms with Crippen molar-refractivity contribution >= 4 is 26.0 Å². The molecule has 0 saturated carbocycles. The van der Waals surface area contributed by atoms with Gasteiger partial charge in [-0.2, -0.15) is 0 Å². The minimum absolute atomic E-state index is 0.193. The van der Waals surface area contributed by atoms with Crippen LogP contribution < -0.4 is 9.46 Å². The van der Waals surface area contributed by atoms with Gasteiger partial charge in [-0.25, -0.2) is 13.1 Å². The van der Waals surface area contributed by atoms with Crippen LogP contribution in [0.15, 0.2) is 57.9 Å². The molecule has 0 radical (unpaired) electrons. The van der Waals surface area contributed by atoms with Gasteiger partial charge in [0.1, 0.15) is 5.75 Å². The summed E-state index contributed by atoms with van der Waals surface area (Å²) < 4.78 is 33.2. The number of hydrogen-bond donors (Lipinski definition) is 1. The number of rotatable bonds is 5. The number of ether oxygens (including phenoxy) is 1. The van der Waals surface area contributed by atoms with Crippen molar-refractivity contribution in [3.8, 4) is 5.75 Å². The highest BCUT2D eigenvalue weighted by Crippen LogP contribution is 2.28. The molecule has 0 aliphatic carbocycles. The predicted molar refractivity (Wildman–Crippen MR) is 85.9 cm³/mol. The van der Waals surface area contributed by atoms with Crippen LogP contribution in [0.2, 0.25) is 0 Å². The lowest BCUT2D eigenvalue weighted by molar-refractivity contribution is 0.411. The summed E-state index contributed by atoms with van der Waals surface area (Å²) in [5, 5.41) is 0. The number of hydrogen-bond acceptors (Lipinski definition) is 3. The second-order valence-corrected chi connectivity index (χ2v) is 7.12. The van der Waals surface area contributed by atoms with Crippen molar-refractivity contribution in [2.75, 3.05) is 7.11 Å². The highest BCUT2D eigenvalue weighted by molar-refractivity contribution is 9.10. The van der Waals surface area contributed by atoms with Crippen molar-refractivity contribution in [3.63, 3.8) is 0 Å². The average molecular weight is 370 g/mol. The summed E-state index contributed by atoms with van der Waals surface area (Å²) in [6, 6.07) is 13.8. The summed E-state index contributed by atoms with van der Waals surface area (Å²) in [6.45, 7) is 1.81. The van der Waals surface area contributed by atoms with E-state index in [1.807, 2.05) is 37.3 Å². The molecule has 6 heteroatoms. The van der Waals surface area contributed by atoms with Crippen LogP contribution in [0.4, 0.5) is 0 Å². The number of benzene rings is 2. The van der Waals surface area contributed by atoms with Gasteiger partial charge in [-0.15, -0.1) is 0 Å². The van der Waals surface area contributed by atoms with Gasteiger partial charge in [-0.3, -0.25) is 0 Å². The Labute approximate surface area is 133 Å². The quantitative estimate of drug-likeness (QED) is 0.877. The van der Waals surface area contributed by atoms with Crippen LogP contribution in [0.25, 0.3) is 0 Å². The standard InChI is InChI=1S/C15H16BrNO3S/c1-11(12-6-4-3-5-7-12)17-21(18,19)13-8-9-15(20-2)14(16)10-13/h3-11,17H,1-2H3. The lowest BCUT2D eigenvalue weighted by Crippen LogP contribution is -2.26. The van der Waals surface area contributed by atoms with Crippen molar-refractivity contribution in [1.29, 1.82) is 0 Å². The molecule has 0 aliphatic heterocycles. The van der Waals surface area contributed by atoms with E-state index < -0.39 is 10.0 Å². The number of sulfonamides is 1. The zero-order chi connectivity index (χ0) is 15.5. The number of methoxy groups -OCH3 is 1. The van der Waals surface area contributed by atoms with Crippen molar-refractivity contribution in [2.45, 2.75) is 17.9 Å². The third kappa shape index (κ3) is 3.84. The van der Waals surface area contributed by atoms with Gasteiger partial charge in [-0.05, 0) is 46.6 Å². The van der Waals surface area contributed by atoms with Gasteiger partial charge >= 0.3 is 0 Å². The molecule has 2 rings (SSSR count).